The quantitative estimate of drug-likeness (QED) is 0.407. The van der Waals surface area contributed by atoms with E-state index in [-0.39, 0.29) is 12.8 Å². The van der Waals surface area contributed by atoms with Crippen molar-refractivity contribution in [2.75, 3.05) is 20.0 Å². The first-order valence-electron chi connectivity index (χ1n) is 6.69. The van der Waals surface area contributed by atoms with E-state index in [1.165, 1.54) is 14.2 Å². The van der Waals surface area contributed by atoms with Gasteiger partial charge in [0.15, 0.2) is 0 Å². The van der Waals surface area contributed by atoms with E-state index >= 15 is 0 Å². The lowest BCUT2D eigenvalue weighted by Crippen LogP contribution is -2.31. The summed E-state index contributed by atoms with van der Waals surface area (Å²) < 4.78 is 10.4. The van der Waals surface area contributed by atoms with Gasteiger partial charge in [0.05, 0.1) is 20.1 Å². The number of hydrogen-bond donors (Lipinski definition) is 2. The van der Waals surface area contributed by atoms with Crippen LogP contribution in [0.5, 0.6) is 11.5 Å². The summed E-state index contributed by atoms with van der Waals surface area (Å²) in [5.74, 6) is 0.0376. The zero-order valence-corrected chi connectivity index (χ0v) is 13.4. The molecule has 2 N–H and O–H groups in total. The number of amides is 1. The topological polar surface area (TPSA) is 105 Å². The van der Waals surface area contributed by atoms with E-state index in [0.29, 0.717) is 22.8 Å². The van der Waals surface area contributed by atoms with Gasteiger partial charge < -0.3 is 15.2 Å². The maximum atomic E-state index is 11.4. The van der Waals surface area contributed by atoms with Crippen LogP contribution in [0.25, 0.3) is 0 Å². The van der Waals surface area contributed by atoms with Crippen molar-refractivity contribution in [3.63, 3.8) is 0 Å². The van der Waals surface area contributed by atoms with Gasteiger partial charge in [0.25, 0.3) is 0 Å². The molecule has 0 aliphatic carbocycles. The number of nitrogens with two attached hydrogens (primary N) is 1. The highest BCUT2D eigenvalue weighted by atomic mass is 32.1. The molecule has 0 aromatic heterocycles. The molecule has 1 rings (SSSR count). The molecule has 0 radical (unpaired) electrons. The van der Waals surface area contributed by atoms with Gasteiger partial charge in [-0.25, -0.2) is 0 Å². The van der Waals surface area contributed by atoms with Crippen LogP contribution in [0, 0.1) is 10.1 Å². The molecule has 0 aliphatic rings. The maximum Gasteiger partial charge on any atom is 0.221 e. The molecule has 0 saturated carbocycles. The molecule has 0 heterocycles. The number of benzene rings is 1. The van der Waals surface area contributed by atoms with Gasteiger partial charge in [-0.15, -0.1) is 0 Å². The highest BCUT2D eigenvalue weighted by molar-refractivity contribution is 7.80. The van der Waals surface area contributed by atoms with Crippen molar-refractivity contribution < 1.29 is 19.2 Å². The average Bonchev–Trinajstić information content (AvgIpc) is 2.49. The van der Waals surface area contributed by atoms with Crippen molar-refractivity contribution in [3.8, 4) is 11.5 Å². The molecular formula is C14H20N2O5S. The van der Waals surface area contributed by atoms with Crippen molar-refractivity contribution in [1.29, 1.82) is 0 Å². The predicted octanol–water partition coefficient (Wildman–Crippen LogP) is 1.63. The number of rotatable bonds is 9. The standard InChI is InChI=1S/C14H20N2O5S/c1-20-9-3-4-10(13(7-9)21-2)11(8-14(15)17)12(5-6-22)16(18)19/h3-4,7,11-12,22H,5-6,8H2,1-2H3,(H2,15,17). The lowest BCUT2D eigenvalue weighted by molar-refractivity contribution is -0.526. The molecule has 1 aromatic rings. The van der Waals surface area contributed by atoms with Gasteiger partial charge in [-0.3, -0.25) is 14.9 Å². The maximum absolute atomic E-state index is 11.4. The Bertz CT molecular complexity index is 538. The predicted molar refractivity (Wildman–Crippen MR) is 85.4 cm³/mol. The molecule has 1 amide bonds. The summed E-state index contributed by atoms with van der Waals surface area (Å²) in [6.07, 6.45) is 0.0886. The van der Waals surface area contributed by atoms with E-state index in [0.717, 1.165) is 0 Å². The molecule has 0 aliphatic heterocycles. The molecule has 0 saturated heterocycles. The van der Waals surface area contributed by atoms with Crippen LogP contribution in [-0.2, 0) is 4.79 Å². The van der Waals surface area contributed by atoms with E-state index in [2.05, 4.69) is 12.6 Å². The number of hydrogen-bond acceptors (Lipinski definition) is 6. The van der Waals surface area contributed by atoms with Crippen LogP contribution in [0.1, 0.15) is 24.3 Å². The van der Waals surface area contributed by atoms with Crippen LogP contribution >= 0.6 is 12.6 Å². The van der Waals surface area contributed by atoms with E-state index < -0.39 is 22.8 Å². The summed E-state index contributed by atoms with van der Waals surface area (Å²) in [5.41, 5.74) is 5.83. The Balaban J connectivity index is 3.31. The molecule has 8 heteroatoms. The SMILES string of the molecule is COc1ccc(C(CC(N)=O)C(CCS)[N+](=O)[O-])c(OC)c1. The Morgan fingerprint density at radius 2 is 2.09 bits per heavy atom. The number of carbonyl (C=O) groups is 1. The van der Waals surface area contributed by atoms with Gasteiger partial charge in [0.1, 0.15) is 11.5 Å². The zero-order valence-electron chi connectivity index (χ0n) is 12.5. The van der Waals surface area contributed by atoms with Crippen molar-refractivity contribution >= 4 is 18.5 Å². The van der Waals surface area contributed by atoms with Gasteiger partial charge in [0, 0.05) is 29.4 Å². The average molecular weight is 328 g/mol. The van der Waals surface area contributed by atoms with Crippen LogP contribution < -0.4 is 15.2 Å². The Kier molecular flexibility index (Phi) is 6.97. The normalized spacial score (nSPS) is 13.2. The highest BCUT2D eigenvalue weighted by Crippen LogP contribution is 2.36. The molecule has 0 fully saturated rings. The lowest BCUT2D eigenvalue weighted by Gasteiger charge is -2.22. The van der Waals surface area contributed by atoms with Gasteiger partial charge in [-0.2, -0.15) is 12.6 Å². The Hall–Kier alpha value is -1.96. The lowest BCUT2D eigenvalue weighted by atomic mass is 9.86. The number of methoxy groups -OCH3 is 2. The largest absolute Gasteiger partial charge is 0.497 e. The second-order valence-electron chi connectivity index (χ2n) is 4.75. The third-order valence-electron chi connectivity index (χ3n) is 3.42. The van der Waals surface area contributed by atoms with Gasteiger partial charge in [0.2, 0.25) is 11.9 Å². The smallest absolute Gasteiger partial charge is 0.221 e. The van der Waals surface area contributed by atoms with Crippen molar-refractivity contribution in [2.45, 2.75) is 24.8 Å². The van der Waals surface area contributed by atoms with Crippen LogP contribution in [0.4, 0.5) is 0 Å². The summed E-state index contributed by atoms with van der Waals surface area (Å²) in [6.45, 7) is 0. The molecule has 7 nitrogen and oxygen atoms in total. The van der Waals surface area contributed by atoms with E-state index in [9.17, 15) is 14.9 Å². The number of nitro groups is 1. The number of carbonyl (C=O) groups excluding carboxylic acids is 1. The van der Waals surface area contributed by atoms with Crippen LogP contribution in [0.3, 0.4) is 0 Å². The van der Waals surface area contributed by atoms with E-state index in [4.69, 9.17) is 15.2 Å². The monoisotopic (exact) mass is 328 g/mol. The summed E-state index contributed by atoms with van der Waals surface area (Å²) in [5, 5.41) is 11.4. The zero-order chi connectivity index (χ0) is 16.7. The number of ether oxygens (including phenoxy) is 2. The van der Waals surface area contributed by atoms with Crippen LogP contribution in [0.15, 0.2) is 18.2 Å². The fourth-order valence-corrected chi connectivity index (χ4v) is 2.65. The summed E-state index contributed by atoms with van der Waals surface area (Å²) >= 11 is 4.06. The van der Waals surface area contributed by atoms with Gasteiger partial charge in [-0.1, -0.05) is 6.07 Å². The van der Waals surface area contributed by atoms with Crippen molar-refractivity contribution in [1.82, 2.24) is 0 Å². The first-order chi connectivity index (χ1) is 10.4. The Labute approximate surface area is 134 Å². The molecule has 122 valence electrons. The minimum absolute atomic E-state index is 0.137. The van der Waals surface area contributed by atoms with Gasteiger partial charge >= 0.3 is 0 Å². The highest BCUT2D eigenvalue weighted by Gasteiger charge is 2.35. The number of thiol groups is 1. The van der Waals surface area contributed by atoms with Crippen molar-refractivity contribution in [3.05, 3.63) is 33.9 Å². The first-order valence-corrected chi connectivity index (χ1v) is 7.32. The molecule has 22 heavy (non-hydrogen) atoms. The molecule has 0 bridgehead atoms. The molecule has 1 aromatic carbocycles. The second kappa shape index (κ2) is 8.47. The third-order valence-corrected chi connectivity index (χ3v) is 3.68. The van der Waals surface area contributed by atoms with Gasteiger partial charge in [-0.05, 0) is 11.8 Å². The first kappa shape index (κ1) is 18.1. The number of nitrogens with zero attached hydrogens (tertiary/aromatic N) is 1. The van der Waals surface area contributed by atoms with E-state index in [1.807, 2.05) is 0 Å². The summed E-state index contributed by atoms with van der Waals surface area (Å²) in [7, 11) is 2.97. The van der Waals surface area contributed by atoms with Crippen LogP contribution in [-0.4, -0.2) is 36.8 Å². The van der Waals surface area contributed by atoms with E-state index in [1.54, 1.807) is 18.2 Å². The molecule has 0 spiro atoms. The Morgan fingerprint density at radius 3 is 2.55 bits per heavy atom. The summed E-state index contributed by atoms with van der Waals surface area (Å²) in [4.78, 5) is 22.3. The molecular weight excluding hydrogens is 308 g/mol. The fourth-order valence-electron chi connectivity index (χ4n) is 2.38. The molecule has 2 unspecified atom stereocenters. The summed E-state index contributed by atoms with van der Waals surface area (Å²) in [6, 6.07) is 4.00. The second-order valence-corrected chi connectivity index (χ2v) is 5.20. The molecule has 2 atom stereocenters. The fraction of sp³-hybridized carbons (Fsp3) is 0.500. The number of primary amides is 1. The van der Waals surface area contributed by atoms with Crippen molar-refractivity contribution in [2.24, 2.45) is 5.73 Å². The Morgan fingerprint density at radius 1 is 1.41 bits per heavy atom. The third kappa shape index (κ3) is 4.52. The van der Waals surface area contributed by atoms with Crippen LogP contribution in [0.2, 0.25) is 0 Å². The minimum atomic E-state index is -0.965. The minimum Gasteiger partial charge on any atom is -0.497 e.